The molecule has 0 aliphatic heterocycles. The minimum atomic E-state index is 0.350. The van der Waals surface area contributed by atoms with Gasteiger partial charge in [0.1, 0.15) is 5.82 Å². The van der Waals surface area contributed by atoms with Gasteiger partial charge < -0.3 is 10.2 Å². The van der Waals surface area contributed by atoms with Crippen LogP contribution < -0.4 is 10.2 Å². The highest BCUT2D eigenvalue weighted by atomic mass is 15.1. The van der Waals surface area contributed by atoms with Gasteiger partial charge in [-0.1, -0.05) is 26.8 Å². The van der Waals surface area contributed by atoms with E-state index in [-0.39, 0.29) is 0 Å². The number of rotatable bonds is 9. The van der Waals surface area contributed by atoms with Crippen molar-refractivity contribution in [1.29, 1.82) is 0 Å². The van der Waals surface area contributed by atoms with Crippen LogP contribution in [0.15, 0.2) is 18.9 Å². The predicted molar refractivity (Wildman–Crippen MR) is 86.2 cm³/mol. The SMILES string of the molecule is C=CCN(CC)c1cnc(C(C)C)nc1CNCCC. The second-order valence-electron chi connectivity index (χ2n) is 5.22. The van der Waals surface area contributed by atoms with Crippen molar-refractivity contribution in [3.8, 4) is 0 Å². The van der Waals surface area contributed by atoms with Crippen LogP contribution in [0.4, 0.5) is 5.69 Å². The summed E-state index contributed by atoms with van der Waals surface area (Å²) in [5.74, 6) is 1.26. The van der Waals surface area contributed by atoms with Crippen LogP contribution in [0.1, 0.15) is 51.6 Å². The van der Waals surface area contributed by atoms with Gasteiger partial charge in [0.05, 0.1) is 17.6 Å². The molecule has 0 amide bonds. The molecule has 0 bridgehead atoms. The Morgan fingerprint density at radius 2 is 2.15 bits per heavy atom. The van der Waals surface area contributed by atoms with Gasteiger partial charge in [-0.3, -0.25) is 0 Å². The highest BCUT2D eigenvalue weighted by molar-refractivity contribution is 5.49. The molecule has 1 heterocycles. The maximum absolute atomic E-state index is 4.75. The molecule has 4 nitrogen and oxygen atoms in total. The Balaban J connectivity index is 3.03. The Bertz CT molecular complexity index is 415. The summed E-state index contributed by atoms with van der Waals surface area (Å²) >= 11 is 0. The molecule has 0 saturated carbocycles. The topological polar surface area (TPSA) is 41.1 Å². The van der Waals surface area contributed by atoms with Gasteiger partial charge in [0.2, 0.25) is 0 Å². The molecule has 112 valence electrons. The Morgan fingerprint density at radius 1 is 1.40 bits per heavy atom. The molecule has 0 spiro atoms. The van der Waals surface area contributed by atoms with Crippen LogP contribution >= 0.6 is 0 Å². The lowest BCUT2D eigenvalue weighted by atomic mass is 10.2. The minimum Gasteiger partial charge on any atom is -0.365 e. The van der Waals surface area contributed by atoms with Crippen LogP contribution in [0.3, 0.4) is 0 Å². The third-order valence-electron chi connectivity index (χ3n) is 3.17. The Hall–Kier alpha value is -1.42. The number of likely N-dealkylation sites (N-methyl/N-ethyl adjacent to an activating group) is 1. The lowest BCUT2D eigenvalue weighted by Crippen LogP contribution is -2.27. The van der Waals surface area contributed by atoms with E-state index in [9.17, 15) is 0 Å². The summed E-state index contributed by atoms with van der Waals surface area (Å²) in [5, 5.41) is 3.44. The van der Waals surface area contributed by atoms with E-state index in [1.54, 1.807) is 0 Å². The molecule has 1 aromatic rings. The lowest BCUT2D eigenvalue weighted by Gasteiger charge is -2.24. The molecule has 1 N–H and O–H groups in total. The molecule has 0 radical (unpaired) electrons. The van der Waals surface area contributed by atoms with Crippen molar-refractivity contribution in [2.75, 3.05) is 24.5 Å². The van der Waals surface area contributed by atoms with Gasteiger partial charge >= 0.3 is 0 Å². The van der Waals surface area contributed by atoms with Crippen molar-refractivity contribution >= 4 is 5.69 Å². The van der Waals surface area contributed by atoms with E-state index >= 15 is 0 Å². The van der Waals surface area contributed by atoms with Crippen molar-refractivity contribution in [3.05, 3.63) is 30.4 Å². The molecule has 0 aliphatic carbocycles. The van der Waals surface area contributed by atoms with Crippen LogP contribution in [0.5, 0.6) is 0 Å². The summed E-state index contributed by atoms with van der Waals surface area (Å²) in [7, 11) is 0. The largest absolute Gasteiger partial charge is 0.365 e. The summed E-state index contributed by atoms with van der Waals surface area (Å²) in [6.07, 6.45) is 5.00. The van der Waals surface area contributed by atoms with Gasteiger partial charge in [-0.25, -0.2) is 9.97 Å². The van der Waals surface area contributed by atoms with E-state index in [4.69, 9.17) is 4.98 Å². The fourth-order valence-electron chi connectivity index (χ4n) is 2.04. The summed E-state index contributed by atoms with van der Waals surface area (Å²) in [5.41, 5.74) is 2.20. The molecule has 0 fully saturated rings. The van der Waals surface area contributed by atoms with Gasteiger partial charge in [0.15, 0.2) is 0 Å². The smallest absolute Gasteiger partial charge is 0.131 e. The molecule has 1 aromatic heterocycles. The molecular formula is C16H28N4. The third kappa shape index (κ3) is 4.60. The average molecular weight is 276 g/mol. The lowest BCUT2D eigenvalue weighted by molar-refractivity contribution is 0.649. The summed E-state index contributed by atoms with van der Waals surface area (Å²) < 4.78 is 0. The van der Waals surface area contributed by atoms with Crippen molar-refractivity contribution in [2.24, 2.45) is 0 Å². The quantitative estimate of drug-likeness (QED) is 0.556. The van der Waals surface area contributed by atoms with E-state index < -0.39 is 0 Å². The van der Waals surface area contributed by atoms with E-state index in [0.29, 0.717) is 5.92 Å². The van der Waals surface area contributed by atoms with E-state index in [2.05, 4.69) is 49.5 Å². The molecule has 0 aliphatic rings. The Morgan fingerprint density at radius 3 is 2.70 bits per heavy atom. The van der Waals surface area contributed by atoms with E-state index in [1.165, 1.54) is 0 Å². The molecule has 4 heteroatoms. The first-order chi connectivity index (χ1) is 9.63. The van der Waals surface area contributed by atoms with Gasteiger partial charge in [-0.2, -0.15) is 0 Å². The maximum Gasteiger partial charge on any atom is 0.131 e. The second-order valence-corrected chi connectivity index (χ2v) is 5.22. The molecular weight excluding hydrogens is 248 g/mol. The van der Waals surface area contributed by atoms with Crippen molar-refractivity contribution in [2.45, 2.75) is 46.6 Å². The zero-order valence-corrected chi connectivity index (χ0v) is 13.3. The fourth-order valence-corrected chi connectivity index (χ4v) is 2.04. The first kappa shape index (κ1) is 16.6. The van der Waals surface area contributed by atoms with Crippen LogP contribution in [0.2, 0.25) is 0 Å². The second kappa shape index (κ2) is 8.69. The third-order valence-corrected chi connectivity index (χ3v) is 3.17. The van der Waals surface area contributed by atoms with Crippen LogP contribution in [-0.4, -0.2) is 29.6 Å². The summed E-state index contributed by atoms with van der Waals surface area (Å²) in [6, 6.07) is 0. The van der Waals surface area contributed by atoms with Crippen LogP contribution in [0.25, 0.3) is 0 Å². The van der Waals surface area contributed by atoms with Gasteiger partial charge in [0.25, 0.3) is 0 Å². The van der Waals surface area contributed by atoms with Crippen molar-refractivity contribution in [1.82, 2.24) is 15.3 Å². The van der Waals surface area contributed by atoms with Gasteiger partial charge in [-0.15, -0.1) is 6.58 Å². The van der Waals surface area contributed by atoms with Crippen molar-refractivity contribution < 1.29 is 0 Å². The molecule has 0 aromatic carbocycles. The molecule has 0 atom stereocenters. The number of hydrogen-bond acceptors (Lipinski definition) is 4. The van der Waals surface area contributed by atoms with Crippen LogP contribution in [-0.2, 0) is 6.54 Å². The Labute approximate surface area is 123 Å². The molecule has 1 rings (SSSR count). The minimum absolute atomic E-state index is 0.350. The zero-order chi connectivity index (χ0) is 15.0. The monoisotopic (exact) mass is 276 g/mol. The first-order valence-electron chi connectivity index (χ1n) is 7.56. The highest BCUT2D eigenvalue weighted by Crippen LogP contribution is 2.20. The number of nitrogens with one attached hydrogen (secondary N) is 1. The van der Waals surface area contributed by atoms with E-state index in [1.807, 2.05) is 12.3 Å². The summed E-state index contributed by atoms with van der Waals surface area (Å²) in [4.78, 5) is 11.5. The zero-order valence-electron chi connectivity index (χ0n) is 13.3. The summed E-state index contributed by atoms with van der Waals surface area (Å²) in [6.45, 7) is 15.9. The number of aromatic nitrogens is 2. The van der Waals surface area contributed by atoms with Gasteiger partial charge in [-0.05, 0) is 19.9 Å². The van der Waals surface area contributed by atoms with Crippen molar-refractivity contribution in [3.63, 3.8) is 0 Å². The van der Waals surface area contributed by atoms with E-state index in [0.717, 1.165) is 49.8 Å². The number of hydrogen-bond donors (Lipinski definition) is 1. The molecule has 0 saturated heterocycles. The standard InChI is InChI=1S/C16H28N4/c1-6-9-17-11-14-15(20(8-3)10-7-2)12-18-16(19-14)13(4)5/h7,12-13,17H,2,6,8-11H2,1,3-5H3. The fraction of sp³-hybridized carbons (Fsp3) is 0.625. The average Bonchev–Trinajstić information content (AvgIpc) is 2.45. The molecule has 20 heavy (non-hydrogen) atoms. The van der Waals surface area contributed by atoms with Gasteiger partial charge in [0, 0.05) is 25.6 Å². The number of nitrogens with zero attached hydrogens (tertiary/aromatic N) is 3. The highest BCUT2D eigenvalue weighted by Gasteiger charge is 2.13. The molecule has 0 unspecified atom stereocenters. The number of anilines is 1. The first-order valence-corrected chi connectivity index (χ1v) is 7.56. The normalized spacial score (nSPS) is 10.8. The predicted octanol–water partition coefficient (Wildman–Crippen LogP) is 3.11. The van der Waals surface area contributed by atoms with Crippen LogP contribution in [0, 0.1) is 0 Å². The maximum atomic E-state index is 4.75. The Kier molecular flexibility index (Phi) is 7.23.